The maximum Gasteiger partial charge on any atom is 0.258 e. The standard InChI is InChI=1S/C21H16F2N4O2/c22-16-6-4-13(5-7-16)20(29)27-9-8-18-15(12-27)11-24-21(25-18)26-19(28)14-2-1-3-17(23)10-14/h1-7,10,12H,8-9,11H2,(H,24,26,28). The molecular weight excluding hydrogens is 378 g/mol. The van der Waals surface area contributed by atoms with E-state index in [4.69, 9.17) is 0 Å². The topological polar surface area (TPSA) is 74.1 Å². The van der Waals surface area contributed by atoms with E-state index in [-0.39, 0.29) is 24.0 Å². The molecule has 2 aromatic carbocycles. The number of carbonyl (C=O) groups is 2. The quantitative estimate of drug-likeness (QED) is 0.851. The highest BCUT2D eigenvalue weighted by atomic mass is 19.1. The maximum absolute atomic E-state index is 13.3. The van der Waals surface area contributed by atoms with Gasteiger partial charge < -0.3 is 4.90 Å². The number of hydrogen-bond acceptors (Lipinski definition) is 4. The number of nitrogens with zero attached hydrogens (tertiary/aromatic N) is 3. The zero-order valence-corrected chi connectivity index (χ0v) is 15.2. The van der Waals surface area contributed by atoms with Gasteiger partial charge in [0.1, 0.15) is 11.6 Å². The van der Waals surface area contributed by atoms with Crippen molar-refractivity contribution in [1.29, 1.82) is 0 Å². The van der Waals surface area contributed by atoms with Gasteiger partial charge in [-0.3, -0.25) is 14.9 Å². The predicted octanol–water partition coefficient (Wildman–Crippen LogP) is 2.94. The molecule has 2 amide bonds. The van der Waals surface area contributed by atoms with Gasteiger partial charge in [0.15, 0.2) is 0 Å². The number of amides is 2. The Morgan fingerprint density at radius 2 is 1.79 bits per heavy atom. The smallest absolute Gasteiger partial charge is 0.258 e. The van der Waals surface area contributed by atoms with Crippen molar-refractivity contribution in [3.63, 3.8) is 0 Å². The Hall–Kier alpha value is -3.68. The van der Waals surface area contributed by atoms with E-state index in [1.165, 1.54) is 42.5 Å². The van der Waals surface area contributed by atoms with Crippen LogP contribution in [-0.2, 0) is 0 Å². The van der Waals surface area contributed by atoms with Crippen molar-refractivity contribution in [2.75, 3.05) is 13.1 Å². The molecule has 0 fully saturated rings. The summed E-state index contributed by atoms with van der Waals surface area (Å²) in [6.07, 6.45) is 2.18. The van der Waals surface area contributed by atoms with Crippen LogP contribution in [0.4, 0.5) is 8.78 Å². The van der Waals surface area contributed by atoms with Crippen LogP contribution in [0.1, 0.15) is 27.1 Å². The Labute approximate surface area is 165 Å². The molecule has 2 aliphatic rings. The Bertz CT molecular complexity index is 1070. The van der Waals surface area contributed by atoms with Gasteiger partial charge in [0.2, 0.25) is 5.96 Å². The zero-order chi connectivity index (χ0) is 20.4. The number of guanidine groups is 1. The summed E-state index contributed by atoms with van der Waals surface area (Å²) in [5, 5.41) is 2.57. The van der Waals surface area contributed by atoms with Crippen LogP contribution in [0.5, 0.6) is 0 Å². The number of fused-ring (bicyclic) bond motifs is 1. The van der Waals surface area contributed by atoms with Crippen LogP contribution in [0.25, 0.3) is 0 Å². The van der Waals surface area contributed by atoms with Gasteiger partial charge in [-0.2, -0.15) is 0 Å². The number of halogens is 2. The molecule has 0 bridgehead atoms. The van der Waals surface area contributed by atoms with Crippen molar-refractivity contribution < 1.29 is 18.4 Å². The third kappa shape index (κ3) is 4.11. The molecule has 0 aromatic heterocycles. The first-order chi connectivity index (χ1) is 14.0. The molecule has 6 nitrogen and oxygen atoms in total. The summed E-state index contributed by atoms with van der Waals surface area (Å²) in [6, 6.07) is 10.7. The largest absolute Gasteiger partial charge is 0.314 e. The van der Waals surface area contributed by atoms with Gasteiger partial charge in [-0.1, -0.05) is 6.07 Å². The number of benzene rings is 2. The minimum Gasteiger partial charge on any atom is -0.314 e. The first kappa shape index (κ1) is 18.7. The van der Waals surface area contributed by atoms with Gasteiger partial charge in [0, 0.05) is 35.9 Å². The minimum atomic E-state index is -0.502. The molecule has 8 heteroatoms. The summed E-state index contributed by atoms with van der Waals surface area (Å²) in [6.45, 7) is 0.661. The molecule has 4 rings (SSSR count). The number of hydrogen-bond donors (Lipinski definition) is 1. The van der Waals surface area contributed by atoms with Crippen LogP contribution in [0.3, 0.4) is 0 Å². The zero-order valence-electron chi connectivity index (χ0n) is 15.2. The maximum atomic E-state index is 13.3. The molecule has 0 saturated carbocycles. The highest BCUT2D eigenvalue weighted by molar-refractivity contribution is 6.14. The van der Waals surface area contributed by atoms with E-state index in [0.29, 0.717) is 18.5 Å². The van der Waals surface area contributed by atoms with Crippen LogP contribution >= 0.6 is 0 Å². The number of rotatable bonds is 2. The van der Waals surface area contributed by atoms with Gasteiger partial charge in [0.05, 0.1) is 12.3 Å². The summed E-state index contributed by atoms with van der Waals surface area (Å²) in [5.41, 5.74) is 2.08. The van der Waals surface area contributed by atoms with Crippen LogP contribution in [0, 0.1) is 11.6 Å². The van der Waals surface area contributed by atoms with Crippen molar-refractivity contribution >= 4 is 23.5 Å². The molecular formula is C21H16F2N4O2. The summed E-state index contributed by atoms with van der Waals surface area (Å²) < 4.78 is 26.3. The van der Waals surface area contributed by atoms with E-state index in [1.54, 1.807) is 11.1 Å². The fourth-order valence-corrected chi connectivity index (χ4v) is 3.09. The van der Waals surface area contributed by atoms with Crippen molar-refractivity contribution in [2.45, 2.75) is 6.42 Å². The lowest BCUT2D eigenvalue weighted by atomic mass is 10.0. The van der Waals surface area contributed by atoms with E-state index in [2.05, 4.69) is 15.3 Å². The molecule has 0 aliphatic carbocycles. The van der Waals surface area contributed by atoms with Crippen LogP contribution in [0.15, 0.2) is 70.3 Å². The summed E-state index contributed by atoms with van der Waals surface area (Å²) >= 11 is 0. The number of aliphatic imine (C=N–C) groups is 2. The average Bonchev–Trinajstić information content (AvgIpc) is 2.73. The Kier molecular flexibility index (Phi) is 4.99. The lowest BCUT2D eigenvalue weighted by Crippen LogP contribution is -2.37. The molecule has 2 aliphatic heterocycles. The lowest BCUT2D eigenvalue weighted by Gasteiger charge is -2.27. The van der Waals surface area contributed by atoms with Gasteiger partial charge in [0.25, 0.3) is 11.8 Å². The van der Waals surface area contributed by atoms with E-state index >= 15 is 0 Å². The lowest BCUT2D eigenvalue weighted by molar-refractivity contribution is 0.0822. The fraction of sp³-hybridized carbons (Fsp3) is 0.143. The highest BCUT2D eigenvalue weighted by Crippen LogP contribution is 2.19. The Morgan fingerprint density at radius 1 is 1.00 bits per heavy atom. The predicted molar refractivity (Wildman–Crippen MR) is 104 cm³/mol. The fourth-order valence-electron chi connectivity index (χ4n) is 3.09. The van der Waals surface area contributed by atoms with Crippen molar-refractivity contribution in [2.24, 2.45) is 9.98 Å². The van der Waals surface area contributed by atoms with Gasteiger partial charge >= 0.3 is 0 Å². The van der Waals surface area contributed by atoms with E-state index < -0.39 is 17.5 Å². The first-order valence-electron chi connectivity index (χ1n) is 8.96. The molecule has 0 atom stereocenters. The van der Waals surface area contributed by atoms with Gasteiger partial charge in [-0.05, 0) is 42.5 Å². The second-order valence-corrected chi connectivity index (χ2v) is 6.57. The van der Waals surface area contributed by atoms with Crippen molar-refractivity contribution in [3.8, 4) is 0 Å². The number of nitrogens with one attached hydrogen (secondary N) is 1. The summed E-state index contributed by atoms with van der Waals surface area (Å²) in [7, 11) is 0. The third-order valence-corrected chi connectivity index (χ3v) is 4.58. The highest BCUT2D eigenvalue weighted by Gasteiger charge is 2.25. The number of carbonyl (C=O) groups excluding carboxylic acids is 2. The molecule has 1 N–H and O–H groups in total. The molecule has 0 saturated heterocycles. The second kappa shape index (κ2) is 7.75. The SMILES string of the molecule is O=C(NC1=NCC2=CN(C(=O)c3ccc(F)cc3)CCC2=N1)c1cccc(F)c1. The summed E-state index contributed by atoms with van der Waals surface area (Å²) in [4.78, 5) is 34.9. The van der Waals surface area contributed by atoms with E-state index in [9.17, 15) is 18.4 Å². The Morgan fingerprint density at radius 3 is 2.55 bits per heavy atom. The molecule has 146 valence electrons. The molecule has 2 aromatic rings. The molecule has 29 heavy (non-hydrogen) atoms. The average molecular weight is 394 g/mol. The van der Waals surface area contributed by atoms with Crippen LogP contribution in [0.2, 0.25) is 0 Å². The second-order valence-electron chi connectivity index (χ2n) is 6.57. The molecule has 2 heterocycles. The monoisotopic (exact) mass is 394 g/mol. The van der Waals surface area contributed by atoms with Gasteiger partial charge in [-0.25, -0.2) is 18.8 Å². The van der Waals surface area contributed by atoms with Crippen LogP contribution in [-0.4, -0.2) is 41.5 Å². The molecule has 0 spiro atoms. The molecule has 0 unspecified atom stereocenters. The van der Waals surface area contributed by atoms with E-state index in [1.807, 2.05) is 0 Å². The first-order valence-corrected chi connectivity index (χ1v) is 8.96. The Balaban J connectivity index is 1.45. The van der Waals surface area contributed by atoms with E-state index in [0.717, 1.165) is 17.4 Å². The minimum absolute atomic E-state index is 0.157. The molecule has 0 radical (unpaired) electrons. The van der Waals surface area contributed by atoms with Crippen LogP contribution < -0.4 is 5.32 Å². The summed E-state index contributed by atoms with van der Waals surface area (Å²) in [5.74, 6) is -1.47. The third-order valence-electron chi connectivity index (χ3n) is 4.58. The van der Waals surface area contributed by atoms with Crippen molar-refractivity contribution in [3.05, 3.63) is 83.1 Å². The normalized spacial score (nSPS) is 15.7. The van der Waals surface area contributed by atoms with Crippen molar-refractivity contribution in [1.82, 2.24) is 10.2 Å². The van der Waals surface area contributed by atoms with Gasteiger partial charge in [-0.15, -0.1) is 0 Å².